The van der Waals surface area contributed by atoms with Crippen molar-refractivity contribution in [3.05, 3.63) is 75.3 Å². The largest absolute Gasteiger partial charge is 0.370 e. The monoisotopic (exact) mass is 553 g/mol. The first-order valence-corrected chi connectivity index (χ1v) is 12.7. The molecule has 0 aliphatic heterocycles. The van der Waals surface area contributed by atoms with Crippen LogP contribution in [-0.2, 0) is 10.0 Å². The van der Waals surface area contributed by atoms with Gasteiger partial charge in [-0.15, -0.1) is 0 Å². The molecule has 0 fully saturated rings. The van der Waals surface area contributed by atoms with Crippen LogP contribution in [0.4, 0.5) is 5.82 Å². The van der Waals surface area contributed by atoms with E-state index >= 15 is 0 Å². The van der Waals surface area contributed by atoms with Gasteiger partial charge in [0.15, 0.2) is 5.65 Å². The maximum Gasteiger partial charge on any atom is 0.242 e. The van der Waals surface area contributed by atoms with Crippen molar-refractivity contribution in [1.29, 1.82) is 0 Å². The third kappa shape index (κ3) is 4.92. The fourth-order valence-corrected chi connectivity index (χ4v) is 5.29. The molecule has 0 aliphatic rings. The maximum atomic E-state index is 12.4. The summed E-state index contributed by atoms with van der Waals surface area (Å²) in [7, 11) is -3.67. The Balaban J connectivity index is 1.47. The van der Waals surface area contributed by atoms with Crippen molar-refractivity contribution in [3.8, 4) is 11.3 Å². The molecule has 0 radical (unpaired) electrons. The molecule has 32 heavy (non-hydrogen) atoms. The highest BCUT2D eigenvalue weighted by molar-refractivity contribution is 9.10. The summed E-state index contributed by atoms with van der Waals surface area (Å²) in [5.41, 5.74) is 2.15. The molecule has 166 valence electrons. The van der Waals surface area contributed by atoms with Crippen LogP contribution in [0.3, 0.4) is 0 Å². The molecule has 4 rings (SSSR count). The Morgan fingerprint density at radius 1 is 1.00 bits per heavy atom. The Hall–Kier alpha value is -2.17. The molecule has 0 aliphatic carbocycles. The lowest BCUT2D eigenvalue weighted by molar-refractivity contribution is 0.580. The number of nitrogens with one attached hydrogen (secondary N) is 2. The van der Waals surface area contributed by atoms with E-state index in [0.29, 0.717) is 35.1 Å². The van der Waals surface area contributed by atoms with E-state index in [4.69, 9.17) is 23.2 Å². The summed E-state index contributed by atoms with van der Waals surface area (Å²) in [6.45, 7) is 0.749. The average molecular weight is 555 g/mol. The van der Waals surface area contributed by atoms with Crippen molar-refractivity contribution < 1.29 is 8.42 Å². The predicted molar refractivity (Wildman–Crippen MR) is 131 cm³/mol. The minimum Gasteiger partial charge on any atom is -0.370 e. The molecule has 11 heteroatoms. The zero-order valence-corrected chi connectivity index (χ0v) is 20.5. The minimum atomic E-state index is -3.67. The number of aromatic nitrogens is 3. The number of sulfonamides is 1. The third-order valence-electron chi connectivity index (χ3n) is 4.66. The molecule has 2 N–H and O–H groups in total. The van der Waals surface area contributed by atoms with E-state index in [1.165, 1.54) is 6.07 Å². The van der Waals surface area contributed by atoms with Gasteiger partial charge >= 0.3 is 0 Å². The Kier molecular flexibility index (Phi) is 7.02. The first-order chi connectivity index (χ1) is 15.4. The normalized spacial score (nSPS) is 11.7. The topological polar surface area (TPSA) is 88.4 Å². The van der Waals surface area contributed by atoms with Crippen molar-refractivity contribution in [2.75, 3.05) is 18.4 Å². The Bertz CT molecular complexity index is 1380. The molecule has 0 unspecified atom stereocenters. The van der Waals surface area contributed by atoms with Gasteiger partial charge in [-0.2, -0.15) is 9.61 Å². The molecule has 0 atom stereocenters. The van der Waals surface area contributed by atoms with Crippen molar-refractivity contribution in [2.45, 2.75) is 11.3 Å². The second-order valence-electron chi connectivity index (χ2n) is 6.84. The van der Waals surface area contributed by atoms with Gasteiger partial charge in [-0.25, -0.2) is 18.1 Å². The van der Waals surface area contributed by atoms with Crippen molar-refractivity contribution in [2.24, 2.45) is 0 Å². The smallest absolute Gasteiger partial charge is 0.242 e. The fourth-order valence-electron chi connectivity index (χ4n) is 3.12. The van der Waals surface area contributed by atoms with E-state index in [1.54, 1.807) is 28.9 Å². The highest BCUT2D eigenvalue weighted by atomic mass is 79.9. The molecular formula is C21H18BrCl2N5O2S. The van der Waals surface area contributed by atoms with Crippen LogP contribution in [0.2, 0.25) is 10.0 Å². The lowest BCUT2D eigenvalue weighted by Crippen LogP contribution is -2.26. The van der Waals surface area contributed by atoms with Gasteiger partial charge in [0.25, 0.3) is 0 Å². The fraction of sp³-hybridized carbons (Fsp3) is 0.143. The van der Waals surface area contributed by atoms with Crippen LogP contribution in [0.1, 0.15) is 6.42 Å². The van der Waals surface area contributed by atoms with Gasteiger partial charge in [-0.05, 0) is 40.5 Å². The van der Waals surface area contributed by atoms with E-state index in [1.807, 2.05) is 30.3 Å². The average Bonchev–Trinajstić information content (AvgIpc) is 3.15. The zero-order chi connectivity index (χ0) is 22.7. The summed E-state index contributed by atoms with van der Waals surface area (Å²) in [4.78, 5) is 4.74. The van der Waals surface area contributed by atoms with E-state index in [0.717, 1.165) is 10.0 Å². The van der Waals surface area contributed by atoms with E-state index < -0.39 is 10.0 Å². The van der Waals surface area contributed by atoms with Crippen LogP contribution in [-0.4, -0.2) is 36.1 Å². The Labute approximate surface area is 204 Å². The molecule has 2 aromatic heterocycles. The highest BCUT2D eigenvalue weighted by Gasteiger charge is 2.17. The molecule has 0 amide bonds. The van der Waals surface area contributed by atoms with Crippen molar-refractivity contribution in [3.63, 3.8) is 0 Å². The highest BCUT2D eigenvalue weighted by Crippen LogP contribution is 2.30. The van der Waals surface area contributed by atoms with Crippen LogP contribution in [0.25, 0.3) is 16.9 Å². The Morgan fingerprint density at radius 2 is 1.72 bits per heavy atom. The van der Waals surface area contributed by atoms with Crippen LogP contribution in [0.15, 0.2) is 70.2 Å². The molecule has 0 spiro atoms. The van der Waals surface area contributed by atoms with Gasteiger partial charge in [0.2, 0.25) is 10.0 Å². The molecule has 4 aromatic rings. The first kappa shape index (κ1) is 23.0. The third-order valence-corrected chi connectivity index (χ3v) is 7.51. The van der Waals surface area contributed by atoms with E-state index in [2.05, 4.69) is 36.1 Å². The molecule has 0 saturated carbocycles. The molecule has 0 saturated heterocycles. The SMILES string of the molecule is O=S(=O)(NCCCNc1cc(-c2ccccc2Cl)nc2c(Br)cnn12)c1ccccc1Cl. The summed E-state index contributed by atoms with van der Waals surface area (Å²) in [5.74, 6) is 0.713. The number of fused-ring (bicyclic) bond motifs is 1. The summed E-state index contributed by atoms with van der Waals surface area (Å²) >= 11 is 15.8. The number of halogens is 3. The summed E-state index contributed by atoms with van der Waals surface area (Å²) in [5, 5.41) is 8.44. The van der Waals surface area contributed by atoms with E-state index in [9.17, 15) is 8.42 Å². The quantitative estimate of drug-likeness (QED) is 0.290. The number of benzene rings is 2. The van der Waals surface area contributed by atoms with Crippen molar-refractivity contribution >= 4 is 60.6 Å². The van der Waals surface area contributed by atoms with Crippen LogP contribution in [0, 0.1) is 0 Å². The van der Waals surface area contributed by atoms with Gasteiger partial charge < -0.3 is 5.32 Å². The van der Waals surface area contributed by atoms with Gasteiger partial charge in [0, 0.05) is 29.7 Å². The number of anilines is 1. The van der Waals surface area contributed by atoms with E-state index in [-0.39, 0.29) is 16.5 Å². The zero-order valence-electron chi connectivity index (χ0n) is 16.6. The predicted octanol–water partition coefficient (Wildman–Crippen LogP) is 5.25. The van der Waals surface area contributed by atoms with Gasteiger partial charge in [0.05, 0.1) is 21.4 Å². The molecule has 7 nitrogen and oxygen atoms in total. The number of hydrogen-bond acceptors (Lipinski definition) is 5. The van der Waals surface area contributed by atoms with Crippen molar-refractivity contribution in [1.82, 2.24) is 19.3 Å². The summed E-state index contributed by atoms with van der Waals surface area (Å²) in [6.07, 6.45) is 2.21. The second-order valence-corrected chi connectivity index (χ2v) is 10.2. The van der Waals surface area contributed by atoms with Crippen LogP contribution in [0.5, 0.6) is 0 Å². The second kappa shape index (κ2) is 9.76. The van der Waals surface area contributed by atoms with Gasteiger partial charge in [-0.3, -0.25) is 0 Å². The summed E-state index contributed by atoms with van der Waals surface area (Å²) < 4.78 is 29.9. The number of nitrogens with zero attached hydrogens (tertiary/aromatic N) is 3. The summed E-state index contributed by atoms with van der Waals surface area (Å²) in [6, 6.07) is 15.7. The first-order valence-electron chi connectivity index (χ1n) is 9.64. The van der Waals surface area contributed by atoms with Gasteiger partial charge in [0.1, 0.15) is 10.7 Å². The molecular weight excluding hydrogens is 537 g/mol. The minimum absolute atomic E-state index is 0.0660. The molecule has 2 heterocycles. The Morgan fingerprint density at radius 3 is 2.47 bits per heavy atom. The van der Waals surface area contributed by atoms with Crippen LogP contribution >= 0.6 is 39.1 Å². The lowest BCUT2D eigenvalue weighted by Gasteiger charge is -2.12. The number of hydrogen-bond donors (Lipinski definition) is 2. The molecule has 2 aromatic carbocycles. The standard InChI is InChI=1S/C21H18BrCl2N5O2S/c22-15-13-26-29-20(12-18(28-21(15)29)14-6-1-2-7-16(14)23)25-10-5-11-27-32(30,31)19-9-4-3-8-17(19)24/h1-4,6-9,12-13,25,27H,5,10-11H2. The number of rotatable bonds is 8. The lowest BCUT2D eigenvalue weighted by atomic mass is 10.1. The maximum absolute atomic E-state index is 12.4. The van der Waals surface area contributed by atoms with Gasteiger partial charge in [-0.1, -0.05) is 53.5 Å². The molecule has 0 bridgehead atoms. The van der Waals surface area contributed by atoms with Crippen LogP contribution < -0.4 is 10.0 Å².